The van der Waals surface area contributed by atoms with Crippen molar-refractivity contribution in [1.29, 1.82) is 0 Å². The van der Waals surface area contributed by atoms with E-state index in [1.54, 1.807) is 6.20 Å². The molecule has 0 bridgehead atoms. The molecule has 18 heavy (non-hydrogen) atoms. The Morgan fingerprint density at radius 2 is 2.28 bits per heavy atom. The van der Waals surface area contributed by atoms with Crippen LogP contribution in [0, 0.1) is 12.8 Å². The molecule has 0 radical (unpaired) electrons. The minimum Gasteiger partial charge on any atom is -0.370 e. The average Bonchev–Trinajstić information content (AvgIpc) is 2.94. The molecule has 1 aromatic heterocycles. The highest BCUT2D eigenvalue weighted by Gasteiger charge is 2.32. The molecule has 2 heterocycles. The van der Waals surface area contributed by atoms with Crippen LogP contribution < -0.4 is 0 Å². The van der Waals surface area contributed by atoms with E-state index in [0.717, 1.165) is 28.5 Å². The molecule has 3 rings (SSSR count). The zero-order chi connectivity index (χ0) is 12.7. The van der Waals surface area contributed by atoms with Gasteiger partial charge in [0.05, 0.1) is 0 Å². The number of aromatic nitrogens is 1. The molecule has 94 valence electrons. The van der Waals surface area contributed by atoms with Crippen molar-refractivity contribution in [3.63, 3.8) is 0 Å². The van der Waals surface area contributed by atoms with Crippen molar-refractivity contribution in [2.24, 2.45) is 5.92 Å². The number of H-pyrrole nitrogens is 1. The Kier molecular flexibility index (Phi) is 2.71. The van der Waals surface area contributed by atoms with Gasteiger partial charge in [-0.3, -0.25) is 4.79 Å². The number of hydrogen-bond acceptors (Lipinski definition) is 2. The van der Waals surface area contributed by atoms with Crippen molar-refractivity contribution in [3.05, 3.63) is 35.5 Å². The van der Waals surface area contributed by atoms with Gasteiger partial charge in [-0.2, -0.15) is 0 Å². The van der Waals surface area contributed by atoms with Gasteiger partial charge in [0.1, 0.15) is 6.10 Å². The third-order valence-electron chi connectivity index (χ3n) is 3.75. The van der Waals surface area contributed by atoms with Crippen LogP contribution in [0.25, 0.3) is 10.9 Å². The zero-order valence-electron chi connectivity index (χ0n) is 10.7. The lowest BCUT2D eigenvalue weighted by Gasteiger charge is -2.12. The number of aryl methyl sites for hydroxylation is 1. The standard InChI is InChI=1S/C15H17NO2/c1-9-3-4-13-11(7-9)12(8-16-13)14(17)15-10(2)5-6-18-15/h3-4,7-8,10,15-16H,5-6H2,1-2H3. The first-order valence-corrected chi connectivity index (χ1v) is 6.40. The van der Waals surface area contributed by atoms with E-state index in [-0.39, 0.29) is 11.9 Å². The molecule has 0 saturated carbocycles. The fraction of sp³-hybridized carbons (Fsp3) is 0.400. The zero-order valence-corrected chi connectivity index (χ0v) is 10.7. The number of hydrogen-bond donors (Lipinski definition) is 1. The molecule has 2 unspecified atom stereocenters. The topological polar surface area (TPSA) is 42.1 Å². The number of carbonyl (C=O) groups is 1. The average molecular weight is 243 g/mol. The lowest BCUT2D eigenvalue weighted by atomic mass is 9.95. The second-order valence-electron chi connectivity index (χ2n) is 5.17. The van der Waals surface area contributed by atoms with Gasteiger partial charge in [0.15, 0.2) is 5.78 Å². The minimum absolute atomic E-state index is 0.108. The van der Waals surface area contributed by atoms with Crippen molar-refractivity contribution in [3.8, 4) is 0 Å². The number of Topliss-reactive ketones (excluding diaryl/α,β-unsaturated/α-hetero) is 1. The Labute approximate surface area is 106 Å². The van der Waals surface area contributed by atoms with Crippen LogP contribution in [0.3, 0.4) is 0 Å². The van der Waals surface area contributed by atoms with Crippen molar-refractivity contribution >= 4 is 16.7 Å². The number of benzene rings is 1. The Morgan fingerprint density at radius 3 is 3.00 bits per heavy atom. The Bertz CT molecular complexity index is 600. The first kappa shape index (κ1) is 11.5. The van der Waals surface area contributed by atoms with E-state index in [0.29, 0.717) is 12.5 Å². The fourth-order valence-corrected chi connectivity index (χ4v) is 2.62. The number of aromatic amines is 1. The number of ketones is 1. The van der Waals surface area contributed by atoms with Crippen LogP contribution in [0.1, 0.15) is 29.3 Å². The maximum Gasteiger partial charge on any atom is 0.193 e. The third-order valence-corrected chi connectivity index (χ3v) is 3.75. The first-order valence-electron chi connectivity index (χ1n) is 6.40. The number of ether oxygens (including phenoxy) is 1. The van der Waals surface area contributed by atoms with Crippen molar-refractivity contribution in [2.45, 2.75) is 26.4 Å². The van der Waals surface area contributed by atoms with Gasteiger partial charge in [0, 0.05) is 29.3 Å². The van der Waals surface area contributed by atoms with Gasteiger partial charge in [-0.05, 0) is 31.4 Å². The summed E-state index contributed by atoms with van der Waals surface area (Å²) in [7, 11) is 0. The molecule has 0 aliphatic carbocycles. The molecule has 0 amide bonds. The summed E-state index contributed by atoms with van der Waals surface area (Å²) in [5.74, 6) is 0.420. The van der Waals surface area contributed by atoms with E-state index >= 15 is 0 Å². The quantitative estimate of drug-likeness (QED) is 0.823. The van der Waals surface area contributed by atoms with Gasteiger partial charge in [-0.1, -0.05) is 18.6 Å². The second-order valence-corrected chi connectivity index (χ2v) is 5.17. The Hall–Kier alpha value is -1.61. The highest BCUT2D eigenvalue weighted by atomic mass is 16.5. The molecule has 3 heteroatoms. The van der Waals surface area contributed by atoms with Gasteiger partial charge in [-0.25, -0.2) is 0 Å². The summed E-state index contributed by atoms with van der Waals surface area (Å²) >= 11 is 0. The van der Waals surface area contributed by atoms with Gasteiger partial charge >= 0.3 is 0 Å². The van der Waals surface area contributed by atoms with Crippen molar-refractivity contribution < 1.29 is 9.53 Å². The van der Waals surface area contributed by atoms with Crippen molar-refractivity contribution in [2.75, 3.05) is 6.61 Å². The van der Waals surface area contributed by atoms with E-state index in [1.165, 1.54) is 0 Å². The normalized spacial score (nSPS) is 23.7. The van der Waals surface area contributed by atoms with Crippen LogP contribution in [-0.4, -0.2) is 23.5 Å². The SMILES string of the molecule is Cc1ccc2[nH]cc(C(=O)C3OCCC3C)c2c1. The van der Waals surface area contributed by atoms with E-state index in [4.69, 9.17) is 4.74 Å². The minimum atomic E-state index is -0.274. The van der Waals surface area contributed by atoms with Crippen LogP contribution in [0.2, 0.25) is 0 Å². The van der Waals surface area contributed by atoms with Gasteiger partial charge in [0.2, 0.25) is 0 Å². The van der Waals surface area contributed by atoms with Crippen LogP contribution in [0.4, 0.5) is 0 Å². The Morgan fingerprint density at radius 1 is 1.44 bits per heavy atom. The highest BCUT2D eigenvalue weighted by molar-refractivity contribution is 6.10. The van der Waals surface area contributed by atoms with Gasteiger partial charge in [0.25, 0.3) is 0 Å². The molecule has 1 N–H and O–H groups in total. The summed E-state index contributed by atoms with van der Waals surface area (Å²) in [5, 5.41) is 1.00. The maximum atomic E-state index is 12.5. The van der Waals surface area contributed by atoms with Crippen LogP contribution in [0.5, 0.6) is 0 Å². The maximum absolute atomic E-state index is 12.5. The van der Waals surface area contributed by atoms with Crippen molar-refractivity contribution in [1.82, 2.24) is 4.98 Å². The van der Waals surface area contributed by atoms with Crippen LogP contribution in [0.15, 0.2) is 24.4 Å². The molecule has 1 aliphatic heterocycles. The summed E-state index contributed by atoms with van der Waals surface area (Å²) in [5.41, 5.74) is 2.93. The largest absolute Gasteiger partial charge is 0.370 e. The van der Waals surface area contributed by atoms with Crippen LogP contribution in [-0.2, 0) is 4.74 Å². The monoisotopic (exact) mass is 243 g/mol. The van der Waals surface area contributed by atoms with Gasteiger partial charge < -0.3 is 9.72 Å². The van der Waals surface area contributed by atoms with E-state index in [9.17, 15) is 4.79 Å². The predicted molar refractivity (Wildman–Crippen MR) is 70.9 cm³/mol. The number of fused-ring (bicyclic) bond motifs is 1. The third kappa shape index (κ3) is 1.75. The lowest BCUT2D eigenvalue weighted by molar-refractivity contribution is 0.0581. The molecule has 1 fully saturated rings. The second kappa shape index (κ2) is 4.25. The molecule has 2 atom stereocenters. The fourth-order valence-electron chi connectivity index (χ4n) is 2.62. The van der Waals surface area contributed by atoms with Crippen LogP contribution >= 0.6 is 0 Å². The molecular weight excluding hydrogens is 226 g/mol. The van der Waals surface area contributed by atoms with E-state index in [2.05, 4.69) is 18.0 Å². The van der Waals surface area contributed by atoms with Gasteiger partial charge in [-0.15, -0.1) is 0 Å². The highest BCUT2D eigenvalue weighted by Crippen LogP contribution is 2.27. The molecule has 0 spiro atoms. The molecule has 1 aromatic carbocycles. The molecule has 1 aliphatic rings. The number of nitrogens with one attached hydrogen (secondary N) is 1. The molecule has 2 aromatic rings. The Balaban J connectivity index is 2.03. The lowest BCUT2D eigenvalue weighted by Crippen LogP contribution is -2.25. The summed E-state index contributed by atoms with van der Waals surface area (Å²) in [6.07, 6.45) is 2.50. The summed E-state index contributed by atoms with van der Waals surface area (Å²) < 4.78 is 5.57. The summed E-state index contributed by atoms with van der Waals surface area (Å²) in [6, 6.07) is 6.11. The smallest absolute Gasteiger partial charge is 0.193 e. The first-order chi connectivity index (χ1) is 8.66. The van der Waals surface area contributed by atoms with E-state index < -0.39 is 0 Å². The molecular formula is C15H17NO2. The predicted octanol–water partition coefficient (Wildman–Crippen LogP) is 3.08. The number of rotatable bonds is 2. The molecule has 1 saturated heterocycles. The molecule has 3 nitrogen and oxygen atoms in total. The van der Waals surface area contributed by atoms with E-state index in [1.807, 2.05) is 19.1 Å². The number of carbonyl (C=O) groups excluding carboxylic acids is 1. The summed E-state index contributed by atoms with van der Waals surface area (Å²) in [6.45, 7) is 4.81. The summed E-state index contributed by atoms with van der Waals surface area (Å²) in [4.78, 5) is 15.7.